The van der Waals surface area contributed by atoms with Gasteiger partial charge < -0.3 is 9.52 Å². The molecule has 0 spiro atoms. The average molecular weight is 251 g/mol. The molecule has 1 saturated carbocycles. The second-order valence-electron chi connectivity index (χ2n) is 6.36. The third-order valence-corrected chi connectivity index (χ3v) is 4.20. The molecule has 0 radical (unpaired) electrons. The molecule has 0 saturated heterocycles. The van der Waals surface area contributed by atoms with Gasteiger partial charge in [0, 0.05) is 6.54 Å². The van der Waals surface area contributed by atoms with Crippen molar-refractivity contribution < 1.29 is 9.52 Å². The maximum absolute atomic E-state index is 10.4. The number of aliphatic hydroxyl groups is 1. The van der Waals surface area contributed by atoms with E-state index >= 15 is 0 Å². The van der Waals surface area contributed by atoms with Crippen molar-refractivity contribution in [1.82, 2.24) is 4.90 Å². The van der Waals surface area contributed by atoms with E-state index in [9.17, 15) is 5.11 Å². The Hall–Kier alpha value is -0.800. The minimum atomic E-state index is -0.190. The van der Waals surface area contributed by atoms with Crippen molar-refractivity contribution in [2.45, 2.75) is 45.8 Å². The lowest BCUT2D eigenvalue weighted by Crippen LogP contribution is -2.44. The normalized spacial score (nSPS) is 27.6. The van der Waals surface area contributed by atoms with Gasteiger partial charge in [-0.2, -0.15) is 0 Å². The van der Waals surface area contributed by atoms with Crippen molar-refractivity contribution in [3.63, 3.8) is 0 Å². The molecule has 0 amide bonds. The van der Waals surface area contributed by atoms with Crippen LogP contribution in [0.1, 0.15) is 38.9 Å². The molecule has 3 nitrogen and oxygen atoms in total. The Morgan fingerprint density at radius 1 is 1.50 bits per heavy atom. The van der Waals surface area contributed by atoms with Gasteiger partial charge in [-0.3, -0.25) is 4.90 Å². The summed E-state index contributed by atoms with van der Waals surface area (Å²) in [5.41, 5.74) is 0.0639. The van der Waals surface area contributed by atoms with Gasteiger partial charge in [0.25, 0.3) is 0 Å². The summed E-state index contributed by atoms with van der Waals surface area (Å²) in [5.74, 6) is 1.37. The van der Waals surface area contributed by atoms with Gasteiger partial charge in [0.05, 0.1) is 18.9 Å². The molecule has 1 aromatic heterocycles. The minimum Gasteiger partial charge on any atom is -0.468 e. The molecule has 0 bridgehead atoms. The zero-order chi connectivity index (χ0) is 13.2. The van der Waals surface area contributed by atoms with Crippen LogP contribution >= 0.6 is 0 Å². The number of hydrogen-bond donors (Lipinski definition) is 1. The predicted octanol–water partition coefficient (Wildman–Crippen LogP) is 2.90. The third-order valence-electron chi connectivity index (χ3n) is 4.20. The highest BCUT2D eigenvalue weighted by molar-refractivity contribution is 4.98. The van der Waals surface area contributed by atoms with Gasteiger partial charge in [-0.25, -0.2) is 0 Å². The Morgan fingerprint density at radius 3 is 2.94 bits per heavy atom. The van der Waals surface area contributed by atoms with Gasteiger partial charge in [-0.15, -0.1) is 0 Å². The van der Waals surface area contributed by atoms with Gasteiger partial charge in [0.2, 0.25) is 0 Å². The molecule has 18 heavy (non-hydrogen) atoms. The van der Waals surface area contributed by atoms with Crippen molar-refractivity contribution in [2.24, 2.45) is 11.3 Å². The van der Waals surface area contributed by atoms with Crippen molar-refractivity contribution in [3.05, 3.63) is 24.2 Å². The van der Waals surface area contributed by atoms with Gasteiger partial charge in [-0.05, 0) is 43.4 Å². The van der Waals surface area contributed by atoms with Crippen LogP contribution in [0.15, 0.2) is 22.8 Å². The second-order valence-corrected chi connectivity index (χ2v) is 6.36. The van der Waals surface area contributed by atoms with Gasteiger partial charge in [0.15, 0.2) is 0 Å². The molecule has 0 aliphatic heterocycles. The molecule has 0 aromatic carbocycles. The molecule has 2 atom stereocenters. The molecule has 3 heteroatoms. The summed E-state index contributed by atoms with van der Waals surface area (Å²) < 4.78 is 5.36. The fraction of sp³-hybridized carbons (Fsp3) is 0.733. The van der Waals surface area contributed by atoms with Crippen LogP contribution in [-0.2, 0) is 6.54 Å². The van der Waals surface area contributed by atoms with E-state index in [0.29, 0.717) is 5.92 Å². The zero-order valence-corrected chi connectivity index (χ0v) is 11.7. The Labute approximate surface area is 110 Å². The minimum absolute atomic E-state index is 0.0639. The Morgan fingerprint density at radius 2 is 2.28 bits per heavy atom. The monoisotopic (exact) mass is 251 g/mol. The smallest absolute Gasteiger partial charge is 0.117 e. The summed E-state index contributed by atoms with van der Waals surface area (Å²) in [6, 6.07) is 3.92. The third kappa shape index (κ3) is 3.15. The SMILES string of the molecule is CN(Cc1ccco1)CC1CCCC(C)(C)C1O. The molecular formula is C15H25NO2. The van der Waals surface area contributed by atoms with Crippen LogP contribution in [0.25, 0.3) is 0 Å². The van der Waals surface area contributed by atoms with E-state index in [2.05, 4.69) is 25.8 Å². The molecule has 2 unspecified atom stereocenters. The molecule has 2 rings (SSSR count). The quantitative estimate of drug-likeness (QED) is 0.894. The van der Waals surface area contributed by atoms with Crippen LogP contribution in [-0.4, -0.2) is 29.7 Å². The lowest BCUT2D eigenvalue weighted by Gasteiger charge is -2.42. The van der Waals surface area contributed by atoms with Crippen LogP contribution in [0.4, 0.5) is 0 Å². The first kappa shape index (κ1) is 13.6. The van der Waals surface area contributed by atoms with E-state index in [4.69, 9.17) is 4.42 Å². The van der Waals surface area contributed by atoms with E-state index in [-0.39, 0.29) is 11.5 Å². The van der Waals surface area contributed by atoms with Gasteiger partial charge in [0.1, 0.15) is 5.76 Å². The topological polar surface area (TPSA) is 36.6 Å². The first-order valence-corrected chi connectivity index (χ1v) is 6.88. The largest absolute Gasteiger partial charge is 0.468 e. The fourth-order valence-corrected chi connectivity index (χ4v) is 3.09. The van der Waals surface area contributed by atoms with Crippen molar-refractivity contribution in [1.29, 1.82) is 0 Å². The predicted molar refractivity (Wildman–Crippen MR) is 72.2 cm³/mol. The van der Waals surface area contributed by atoms with Crippen LogP contribution in [0.3, 0.4) is 0 Å². The first-order chi connectivity index (χ1) is 8.49. The summed E-state index contributed by atoms with van der Waals surface area (Å²) in [6.45, 7) is 6.11. The fourth-order valence-electron chi connectivity index (χ4n) is 3.09. The molecule has 1 N–H and O–H groups in total. The average Bonchev–Trinajstić information content (AvgIpc) is 2.77. The Balaban J connectivity index is 1.88. The summed E-state index contributed by atoms with van der Waals surface area (Å²) in [4.78, 5) is 2.24. The number of hydrogen-bond acceptors (Lipinski definition) is 3. The molecule has 1 aliphatic carbocycles. The summed E-state index contributed by atoms with van der Waals surface area (Å²) in [6.07, 6.45) is 5.01. The molecular weight excluding hydrogens is 226 g/mol. The van der Waals surface area contributed by atoms with E-state index in [1.165, 1.54) is 6.42 Å². The summed E-state index contributed by atoms with van der Waals surface area (Å²) >= 11 is 0. The van der Waals surface area contributed by atoms with Crippen molar-refractivity contribution >= 4 is 0 Å². The highest BCUT2D eigenvalue weighted by atomic mass is 16.3. The molecule has 1 fully saturated rings. The first-order valence-electron chi connectivity index (χ1n) is 6.88. The number of rotatable bonds is 4. The van der Waals surface area contributed by atoms with E-state index in [0.717, 1.165) is 31.7 Å². The maximum atomic E-state index is 10.4. The zero-order valence-electron chi connectivity index (χ0n) is 11.7. The Kier molecular flexibility index (Phi) is 4.13. The van der Waals surface area contributed by atoms with Crippen molar-refractivity contribution in [2.75, 3.05) is 13.6 Å². The Bertz CT molecular complexity index is 359. The second kappa shape index (κ2) is 5.45. The summed E-state index contributed by atoms with van der Waals surface area (Å²) in [5, 5.41) is 10.4. The van der Waals surface area contributed by atoms with E-state index in [1.54, 1.807) is 6.26 Å². The number of furan rings is 1. The van der Waals surface area contributed by atoms with Crippen molar-refractivity contribution in [3.8, 4) is 0 Å². The molecule has 1 heterocycles. The van der Waals surface area contributed by atoms with E-state index < -0.39 is 0 Å². The van der Waals surface area contributed by atoms with Crippen LogP contribution in [0.2, 0.25) is 0 Å². The van der Waals surface area contributed by atoms with Crippen LogP contribution in [0.5, 0.6) is 0 Å². The summed E-state index contributed by atoms with van der Waals surface area (Å²) in [7, 11) is 2.09. The lowest BCUT2D eigenvalue weighted by atomic mass is 9.69. The molecule has 1 aromatic rings. The highest BCUT2D eigenvalue weighted by Gasteiger charge is 2.37. The van der Waals surface area contributed by atoms with Gasteiger partial charge in [-0.1, -0.05) is 20.3 Å². The number of nitrogens with zero attached hydrogens (tertiary/aromatic N) is 1. The standard InChI is InChI=1S/C15H25NO2/c1-15(2)8-4-6-12(14(15)17)10-16(3)11-13-7-5-9-18-13/h5,7,9,12,14,17H,4,6,8,10-11H2,1-3H3. The molecule has 1 aliphatic rings. The van der Waals surface area contributed by atoms with Crippen LogP contribution < -0.4 is 0 Å². The molecule has 102 valence electrons. The maximum Gasteiger partial charge on any atom is 0.117 e. The number of aliphatic hydroxyl groups excluding tert-OH is 1. The lowest BCUT2D eigenvalue weighted by molar-refractivity contribution is -0.0418. The highest BCUT2D eigenvalue weighted by Crippen LogP contribution is 2.39. The van der Waals surface area contributed by atoms with E-state index in [1.807, 2.05) is 12.1 Å². The van der Waals surface area contributed by atoms with Gasteiger partial charge >= 0.3 is 0 Å². The van der Waals surface area contributed by atoms with Crippen LogP contribution in [0, 0.1) is 11.3 Å².